The number of nitrogens with zero attached hydrogens (tertiary/aromatic N) is 5. The molecule has 1 aliphatic rings. The van der Waals surface area contributed by atoms with E-state index in [1.807, 2.05) is 56.8 Å². The third-order valence-electron chi connectivity index (χ3n) is 7.24. The van der Waals surface area contributed by atoms with Crippen LogP contribution in [0.25, 0.3) is 44.5 Å². The van der Waals surface area contributed by atoms with Crippen LogP contribution in [0.3, 0.4) is 0 Å². The summed E-state index contributed by atoms with van der Waals surface area (Å²) in [6, 6.07) is 23.0. The second kappa shape index (κ2) is 15.8. The molecule has 5 aromatic rings. The van der Waals surface area contributed by atoms with Gasteiger partial charge in [-0.1, -0.05) is 30.3 Å². The van der Waals surface area contributed by atoms with Crippen LogP contribution in [0, 0.1) is 0 Å². The first-order valence-electron chi connectivity index (χ1n) is 14.9. The van der Waals surface area contributed by atoms with Crippen molar-refractivity contribution in [3.8, 4) is 39.4 Å². The molecule has 264 valence electrons. The van der Waals surface area contributed by atoms with Crippen molar-refractivity contribution >= 4 is 22.8 Å². The maximum absolute atomic E-state index is 10.6. The maximum Gasteiger partial charge on any atom is 0.490 e. The largest absolute Gasteiger partial charge is 0.492 e. The fourth-order valence-electron chi connectivity index (χ4n) is 4.93. The molecule has 6 rings (SSSR count). The van der Waals surface area contributed by atoms with Gasteiger partial charge in [-0.2, -0.15) is 31.4 Å². The lowest BCUT2D eigenvalue weighted by atomic mass is 9.95. The maximum atomic E-state index is 10.6. The lowest BCUT2D eigenvalue weighted by Gasteiger charge is -2.12. The Bertz CT molecular complexity index is 1900. The van der Waals surface area contributed by atoms with Crippen molar-refractivity contribution in [1.29, 1.82) is 0 Å². The fourth-order valence-corrected chi connectivity index (χ4v) is 4.93. The summed E-state index contributed by atoms with van der Waals surface area (Å²) in [7, 11) is 4.09. The number of ether oxygens (including phenoxy) is 1. The van der Waals surface area contributed by atoms with Crippen LogP contribution < -0.4 is 4.74 Å². The van der Waals surface area contributed by atoms with Gasteiger partial charge in [0.05, 0.1) is 11.2 Å². The van der Waals surface area contributed by atoms with Crippen LogP contribution in [-0.2, 0) is 22.6 Å². The SMILES string of the molecule is CN(C)CCOc1ccc(-c2ccc3c(-c4c(-c5ccccn5)nn5c4CCC5)ccnc3c2)cc1.O=C(O)C(F)(F)F.O=C(O)C(F)(F)F. The third kappa shape index (κ3) is 9.56. The Balaban J connectivity index is 0.000000340. The number of aromatic nitrogens is 4. The average molecular weight is 704 g/mol. The zero-order valence-electron chi connectivity index (χ0n) is 26.7. The standard InChI is InChI=1S/C30H29N5O.2C2HF3O2/c1-34(2)18-19-36-23-11-8-21(9-12-23)22-10-13-24-25(14-16-32-27(24)20-22)29-28-7-5-17-35(28)33-30(29)26-6-3-4-15-31-26;2*3-2(4,5)1(6)7/h3-4,6,8-16,20H,5,7,17-19H2,1-2H3;2*(H,6,7). The number of aryl methyl sites for hydroxylation is 1. The molecule has 0 bridgehead atoms. The molecule has 4 heterocycles. The molecule has 10 nitrogen and oxygen atoms in total. The normalized spacial score (nSPS) is 12.4. The van der Waals surface area contributed by atoms with Crippen molar-refractivity contribution in [2.75, 3.05) is 27.2 Å². The van der Waals surface area contributed by atoms with Gasteiger partial charge >= 0.3 is 24.3 Å². The van der Waals surface area contributed by atoms with Gasteiger partial charge < -0.3 is 19.8 Å². The molecular formula is C34H31F6N5O5. The number of pyridine rings is 2. The number of carboxylic acid groups (broad SMARTS) is 2. The molecule has 3 aromatic heterocycles. The summed E-state index contributed by atoms with van der Waals surface area (Å²) in [6.45, 7) is 2.52. The number of hydrogen-bond donors (Lipinski definition) is 2. The van der Waals surface area contributed by atoms with Gasteiger partial charge in [-0.25, -0.2) is 9.59 Å². The van der Waals surface area contributed by atoms with Gasteiger partial charge in [-0.15, -0.1) is 0 Å². The zero-order valence-corrected chi connectivity index (χ0v) is 26.7. The van der Waals surface area contributed by atoms with E-state index < -0.39 is 24.3 Å². The van der Waals surface area contributed by atoms with Gasteiger partial charge in [0.2, 0.25) is 0 Å². The number of hydrogen-bond acceptors (Lipinski definition) is 7. The van der Waals surface area contributed by atoms with Crippen molar-refractivity contribution in [3.05, 3.63) is 84.8 Å². The number of fused-ring (bicyclic) bond motifs is 2. The summed E-state index contributed by atoms with van der Waals surface area (Å²) in [5.41, 5.74) is 8.75. The molecule has 2 N–H and O–H groups in total. The minimum atomic E-state index is -5.08. The minimum Gasteiger partial charge on any atom is -0.492 e. The number of rotatable bonds is 7. The molecule has 0 spiro atoms. The van der Waals surface area contributed by atoms with Crippen LogP contribution in [0.2, 0.25) is 0 Å². The van der Waals surface area contributed by atoms with Crippen LogP contribution in [0.5, 0.6) is 5.75 Å². The van der Waals surface area contributed by atoms with Gasteiger partial charge in [0.15, 0.2) is 0 Å². The van der Waals surface area contributed by atoms with E-state index in [0.717, 1.165) is 65.1 Å². The molecule has 2 aromatic carbocycles. The van der Waals surface area contributed by atoms with Crippen molar-refractivity contribution in [3.63, 3.8) is 0 Å². The van der Waals surface area contributed by atoms with E-state index in [9.17, 15) is 26.3 Å². The number of carbonyl (C=O) groups is 2. The lowest BCUT2D eigenvalue weighted by Crippen LogP contribution is -2.21. The number of halogens is 6. The molecule has 50 heavy (non-hydrogen) atoms. The van der Waals surface area contributed by atoms with E-state index in [-0.39, 0.29) is 0 Å². The van der Waals surface area contributed by atoms with E-state index in [2.05, 4.69) is 51.0 Å². The van der Waals surface area contributed by atoms with Gasteiger partial charge in [0.1, 0.15) is 18.1 Å². The molecule has 16 heteroatoms. The fraction of sp³-hybridized carbons (Fsp3) is 0.265. The summed E-state index contributed by atoms with van der Waals surface area (Å²) in [4.78, 5) is 29.3. The average Bonchev–Trinajstić information content (AvgIpc) is 3.67. The summed E-state index contributed by atoms with van der Waals surface area (Å²) < 4.78 is 71.5. The second-order valence-electron chi connectivity index (χ2n) is 11.1. The number of alkyl halides is 6. The van der Waals surface area contributed by atoms with Gasteiger partial charge in [-0.3, -0.25) is 14.6 Å². The highest BCUT2D eigenvalue weighted by Crippen LogP contribution is 2.40. The van der Waals surface area contributed by atoms with Crippen molar-refractivity contribution in [2.45, 2.75) is 31.7 Å². The highest BCUT2D eigenvalue weighted by atomic mass is 19.4. The third-order valence-corrected chi connectivity index (χ3v) is 7.24. The molecule has 0 atom stereocenters. The molecule has 0 saturated heterocycles. The molecule has 0 aliphatic carbocycles. The Morgan fingerprint density at radius 2 is 1.50 bits per heavy atom. The van der Waals surface area contributed by atoms with Crippen LogP contribution in [0.15, 0.2) is 79.1 Å². The quantitative estimate of drug-likeness (QED) is 0.173. The van der Waals surface area contributed by atoms with Crippen LogP contribution in [0.4, 0.5) is 26.3 Å². The van der Waals surface area contributed by atoms with E-state index in [0.29, 0.717) is 6.61 Å². The molecular weight excluding hydrogens is 672 g/mol. The van der Waals surface area contributed by atoms with E-state index in [1.165, 1.54) is 16.8 Å². The first kappa shape index (κ1) is 37.3. The number of benzene rings is 2. The molecule has 1 aliphatic heterocycles. The second-order valence-corrected chi connectivity index (χ2v) is 11.1. The monoisotopic (exact) mass is 703 g/mol. The number of aliphatic carboxylic acids is 2. The summed E-state index contributed by atoms with van der Waals surface area (Å²) in [5, 5.41) is 20.3. The van der Waals surface area contributed by atoms with Crippen LogP contribution >= 0.6 is 0 Å². The van der Waals surface area contributed by atoms with E-state index in [4.69, 9.17) is 34.6 Å². The Kier molecular flexibility index (Phi) is 11.8. The molecule has 0 amide bonds. The Morgan fingerprint density at radius 1 is 0.860 bits per heavy atom. The lowest BCUT2D eigenvalue weighted by molar-refractivity contribution is -0.193. The summed E-state index contributed by atoms with van der Waals surface area (Å²) in [6.07, 6.45) is -4.27. The Morgan fingerprint density at radius 3 is 2.08 bits per heavy atom. The predicted molar refractivity (Wildman–Crippen MR) is 171 cm³/mol. The van der Waals surface area contributed by atoms with Gasteiger partial charge in [0.25, 0.3) is 0 Å². The van der Waals surface area contributed by atoms with Crippen LogP contribution in [-0.4, -0.2) is 86.4 Å². The molecule has 0 saturated carbocycles. The number of carboxylic acids is 2. The van der Waals surface area contributed by atoms with Crippen molar-refractivity contribution < 1.29 is 50.9 Å². The Hall–Kier alpha value is -5.51. The first-order valence-corrected chi connectivity index (χ1v) is 14.9. The highest BCUT2D eigenvalue weighted by Gasteiger charge is 2.39. The molecule has 0 unspecified atom stereocenters. The van der Waals surface area contributed by atoms with Gasteiger partial charge in [0, 0.05) is 42.1 Å². The van der Waals surface area contributed by atoms with Crippen molar-refractivity contribution in [2.24, 2.45) is 0 Å². The molecule has 0 radical (unpaired) electrons. The predicted octanol–water partition coefficient (Wildman–Crippen LogP) is 6.98. The summed E-state index contributed by atoms with van der Waals surface area (Å²) in [5.74, 6) is -4.63. The molecule has 0 fully saturated rings. The Labute approximate surface area is 281 Å². The van der Waals surface area contributed by atoms with E-state index >= 15 is 0 Å². The van der Waals surface area contributed by atoms with Crippen molar-refractivity contribution in [1.82, 2.24) is 24.6 Å². The van der Waals surface area contributed by atoms with E-state index in [1.54, 1.807) is 0 Å². The van der Waals surface area contributed by atoms with Gasteiger partial charge in [-0.05, 0) is 80.0 Å². The minimum absolute atomic E-state index is 0.675. The first-order chi connectivity index (χ1) is 23.6. The highest BCUT2D eigenvalue weighted by molar-refractivity contribution is 6.00. The van der Waals surface area contributed by atoms with Crippen LogP contribution in [0.1, 0.15) is 12.1 Å². The summed E-state index contributed by atoms with van der Waals surface area (Å²) >= 11 is 0. The smallest absolute Gasteiger partial charge is 0.490 e. The number of likely N-dealkylation sites (N-methyl/N-ethyl adjacent to an activating group) is 1. The topological polar surface area (TPSA) is 131 Å². The zero-order chi connectivity index (χ0) is 36.6.